The maximum absolute atomic E-state index is 9.98. The fourth-order valence-electron chi connectivity index (χ4n) is 7.76. The van der Waals surface area contributed by atoms with E-state index in [0.717, 1.165) is 87.5 Å². The van der Waals surface area contributed by atoms with Crippen LogP contribution < -0.4 is 25.2 Å². The van der Waals surface area contributed by atoms with Gasteiger partial charge in [-0.05, 0) is 77.9 Å². The Labute approximate surface area is 316 Å². The van der Waals surface area contributed by atoms with Crippen LogP contribution in [0.3, 0.4) is 0 Å². The van der Waals surface area contributed by atoms with Gasteiger partial charge in [0, 0.05) is 62.4 Å². The number of aromatic nitrogens is 8. The number of aliphatic hydroxyl groups is 1. The van der Waals surface area contributed by atoms with E-state index in [1.807, 2.05) is 36.7 Å². The van der Waals surface area contributed by atoms with Crippen LogP contribution in [0.5, 0.6) is 5.75 Å². The third-order valence-corrected chi connectivity index (χ3v) is 10.7. The summed E-state index contributed by atoms with van der Waals surface area (Å²) in [5.41, 5.74) is 8.19. The number of aryl methyl sites for hydroxylation is 1. The number of anilines is 4. The molecule has 2 aliphatic heterocycles. The number of hydrogen-bond donors (Lipinski definition) is 5. The third kappa shape index (κ3) is 6.54. The van der Waals surface area contributed by atoms with Crippen molar-refractivity contribution in [1.82, 2.24) is 39.9 Å². The maximum atomic E-state index is 9.98. The lowest BCUT2D eigenvalue weighted by Crippen LogP contribution is -2.25. The second kappa shape index (κ2) is 13.7. The van der Waals surface area contributed by atoms with Crippen LogP contribution in [0.4, 0.5) is 23.3 Å². The molecule has 10 rings (SSSR count). The van der Waals surface area contributed by atoms with Crippen LogP contribution in [0.25, 0.3) is 44.1 Å². The molecule has 0 bridgehead atoms. The van der Waals surface area contributed by atoms with Crippen LogP contribution in [0.1, 0.15) is 29.5 Å². The third-order valence-electron chi connectivity index (χ3n) is 10.7. The van der Waals surface area contributed by atoms with Crippen molar-refractivity contribution in [2.75, 3.05) is 46.6 Å². The molecule has 0 spiro atoms. The average molecular weight is 733 g/mol. The minimum atomic E-state index is -0.320. The molecule has 8 heterocycles. The summed E-state index contributed by atoms with van der Waals surface area (Å²) < 4.78 is 6.67. The van der Waals surface area contributed by atoms with Gasteiger partial charge in [0.15, 0.2) is 11.3 Å². The molecule has 2 atom stereocenters. The summed E-state index contributed by atoms with van der Waals surface area (Å²) in [4.78, 5) is 39.5. The summed E-state index contributed by atoms with van der Waals surface area (Å²) in [5.74, 6) is 3.84. The van der Waals surface area contributed by atoms with Crippen molar-refractivity contribution in [2.24, 2.45) is 0 Å². The highest BCUT2D eigenvalue weighted by atomic mass is 16.5. The number of benzene rings is 2. The minimum Gasteiger partial charge on any atom is -0.486 e. The minimum absolute atomic E-state index is 0.00142. The van der Waals surface area contributed by atoms with Gasteiger partial charge in [-0.1, -0.05) is 18.2 Å². The summed E-state index contributed by atoms with van der Waals surface area (Å²) in [6.45, 7) is 6.20. The number of rotatable bonds is 10. The fraction of sp³-hybridized carbons (Fsp3) is 0.268. The van der Waals surface area contributed by atoms with Crippen LogP contribution in [0.15, 0.2) is 85.5 Å². The van der Waals surface area contributed by atoms with Crippen LogP contribution >= 0.6 is 0 Å². The van der Waals surface area contributed by atoms with Crippen LogP contribution in [-0.4, -0.2) is 83.4 Å². The van der Waals surface area contributed by atoms with Crippen molar-refractivity contribution in [1.29, 1.82) is 0 Å². The highest BCUT2D eigenvalue weighted by molar-refractivity contribution is 5.91. The van der Waals surface area contributed by atoms with E-state index in [1.165, 1.54) is 5.39 Å². The largest absolute Gasteiger partial charge is 0.486 e. The molecule has 0 radical (unpaired) electrons. The molecule has 0 aliphatic carbocycles. The molecule has 0 amide bonds. The molecule has 5 N–H and O–H groups in total. The predicted molar refractivity (Wildman–Crippen MR) is 215 cm³/mol. The summed E-state index contributed by atoms with van der Waals surface area (Å²) in [7, 11) is 0. The number of nitrogens with one attached hydrogen (secondary N) is 4. The molecule has 8 aromatic rings. The number of pyridine rings is 2. The summed E-state index contributed by atoms with van der Waals surface area (Å²) in [5, 5.41) is 19.2. The molecule has 0 unspecified atom stereocenters. The molecule has 6 aromatic heterocycles. The molecule has 2 saturated heterocycles. The van der Waals surface area contributed by atoms with Crippen LogP contribution in [0.2, 0.25) is 0 Å². The molecule has 2 fully saturated rings. The summed E-state index contributed by atoms with van der Waals surface area (Å²) in [6, 6.07) is 20.5. The molecule has 276 valence electrons. The smallest absolute Gasteiger partial charge is 0.182 e. The normalized spacial score (nSPS) is 17.3. The van der Waals surface area contributed by atoms with Gasteiger partial charge < -0.3 is 40.2 Å². The van der Waals surface area contributed by atoms with Crippen molar-refractivity contribution in [3.8, 4) is 5.75 Å². The van der Waals surface area contributed by atoms with E-state index < -0.39 is 0 Å². The zero-order chi connectivity index (χ0) is 36.9. The van der Waals surface area contributed by atoms with E-state index in [4.69, 9.17) is 24.7 Å². The number of hydrogen-bond acceptors (Lipinski definition) is 12. The Morgan fingerprint density at radius 3 is 2.25 bits per heavy atom. The van der Waals surface area contributed by atoms with Gasteiger partial charge in [0.1, 0.15) is 46.2 Å². The van der Waals surface area contributed by atoms with Gasteiger partial charge in [0.05, 0.1) is 30.6 Å². The van der Waals surface area contributed by atoms with E-state index in [9.17, 15) is 5.11 Å². The first kappa shape index (κ1) is 33.1. The lowest BCUT2D eigenvalue weighted by molar-refractivity contribution is 0.198. The van der Waals surface area contributed by atoms with Crippen LogP contribution in [0, 0.1) is 6.92 Å². The lowest BCUT2D eigenvalue weighted by atomic mass is 10.1. The first-order chi connectivity index (χ1) is 27.0. The van der Waals surface area contributed by atoms with E-state index >= 15 is 0 Å². The molecular weight excluding hydrogens is 693 g/mol. The van der Waals surface area contributed by atoms with Gasteiger partial charge >= 0.3 is 0 Å². The Morgan fingerprint density at radius 2 is 1.51 bits per heavy atom. The molecule has 2 aliphatic rings. The van der Waals surface area contributed by atoms with Gasteiger partial charge in [-0.3, -0.25) is 0 Å². The Balaban J connectivity index is 0.803. The number of β-amino-alcohol motifs (C(OH)–C–C–N with tert-alkyl or cyclic N) is 1. The maximum Gasteiger partial charge on any atom is 0.182 e. The molecule has 2 aromatic carbocycles. The molecule has 55 heavy (non-hydrogen) atoms. The van der Waals surface area contributed by atoms with Crippen molar-refractivity contribution in [2.45, 2.75) is 45.1 Å². The van der Waals surface area contributed by atoms with Gasteiger partial charge in [-0.15, -0.1) is 0 Å². The molecule has 14 heteroatoms. The summed E-state index contributed by atoms with van der Waals surface area (Å²) >= 11 is 0. The van der Waals surface area contributed by atoms with Gasteiger partial charge in [0.2, 0.25) is 0 Å². The first-order valence-electron chi connectivity index (χ1n) is 18.7. The number of nitrogens with zero attached hydrogens (tertiary/aromatic N) is 8. The average Bonchev–Trinajstić information content (AvgIpc) is 4.04. The predicted octanol–water partition coefficient (Wildman–Crippen LogP) is 6.09. The van der Waals surface area contributed by atoms with Crippen LogP contribution in [-0.2, 0) is 13.1 Å². The Kier molecular flexibility index (Phi) is 8.24. The van der Waals surface area contributed by atoms with Crippen molar-refractivity contribution in [3.05, 3.63) is 102 Å². The quantitative estimate of drug-likeness (QED) is 0.110. The van der Waals surface area contributed by atoms with E-state index in [2.05, 4.69) is 83.7 Å². The monoisotopic (exact) mass is 732 g/mol. The zero-order valence-corrected chi connectivity index (χ0v) is 30.3. The number of fused-ring (bicyclic) bond motifs is 4. The highest BCUT2D eigenvalue weighted by Crippen LogP contribution is 2.33. The van der Waals surface area contributed by atoms with Gasteiger partial charge in [-0.2, -0.15) is 0 Å². The Hall–Kier alpha value is -6.54. The van der Waals surface area contributed by atoms with E-state index in [-0.39, 0.29) is 12.2 Å². The number of aromatic amines is 2. The SMILES string of the molecule is Cc1c[nH]c2c(O[C@@H]3CCN(c4ccc5ncc(NCc6ccc7cc[nH]c7c6)nc5n4)C3)ccc(CNc3cnc4ccc(N5CC[C@H](O)C5)nc4n3)c12. The molecular formula is C41H40N12O2. The fourth-order valence-corrected chi connectivity index (χ4v) is 7.76. The van der Waals surface area contributed by atoms with E-state index in [0.29, 0.717) is 49.1 Å². The van der Waals surface area contributed by atoms with Gasteiger partial charge in [0.25, 0.3) is 0 Å². The zero-order valence-electron chi connectivity index (χ0n) is 30.3. The van der Waals surface area contributed by atoms with Crippen molar-refractivity contribution >= 4 is 67.4 Å². The number of aliphatic hydroxyl groups excluding tert-OH is 1. The van der Waals surface area contributed by atoms with Crippen molar-refractivity contribution < 1.29 is 9.84 Å². The van der Waals surface area contributed by atoms with Gasteiger partial charge in [-0.25, -0.2) is 29.9 Å². The molecule has 14 nitrogen and oxygen atoms in total. The molecule has 0 saturated carbocycles. The second-order valence-corrected chi connectivity index (χ2v) is 14.4. The second-order valence-electron chi connectivity index (χ2n) is 14.4. The number of H-pyrrole nitrogens is 2. The Bertz CT molecular complexity index is 2690. The van der Waals surface area contributed by atoms with Crippen molar-refractivity contribution in [3.63, 3.8) is 0 Å². The Morgan fingerprint density at radius 1 is 0.782 bits per heavy atom. The lowest BCUT2D eigenvalue weighted by Gasteiger charge is -2.19. The summed E-state index contributed by atoms with van der Waals surface area (Å²) in [6.07, 6.45) is 8.78. The first-order valence-corrected chi connectivity index (χ1v) is 18.7. The van der Waals surface area contributed by atoms with E-state index in [1.54, 1.807) is 12.4 Å². The number of ether oxygens (including phenoxy) is 1. The topological polar surface area (TPSA) is 169 Å². The highest BCUT2D eigenvalue weighted by Gasteiger charge is 2.27. The standard InChI is InChI=1S/C41H40N12O2/c1-24-17-47-39-33(7-4-27(38(24)39)19-46-35-21-44-30-5-8-36(50-41(30)49-35)52-14-11-28(54)22-52)55-29-12-15-53(23-29)37-9-6-31-40(51-37)48-34(20-43-31)45-18-25-2-3-26-10-13-42-32(26)16-25/h2-10,13,16-17,20-21,28-29,42,47,54H,11-12,14-15,18-19,22-23H2,1H3,(H,45,48,51)(H,46,49,50)/t28-,29+/m0/s1.